The van der Waals surface area contributed by atoms with Crippen molar-refractivity contribution in [1.82, 2.24) is 15.0 Å². The Morgan fingerprint density at radius 1 is 1.06 bits per heavy atom. The minimum Gasteiger partial charge on any atom is -0.396 e. The summed E-state index contributed by atoms with van der Waals surface area (Å²) in [5.74, 6) is 2.74. The third-order valence-electron chi connectivity index (χ3n) is 5.66. The summed E-state index contributed by atoms with van der Waals surface area (Å²) < 4.78 is 0. The number of rotatable bonds is 7. The lowest BCUT2D eigenvalue weighted by Crippen LogP contribution is -2.23. The van der Waals surface area contributed by atoms with Gasteiger partial charge in [0, 0.05) is 43.4 Å². The van der Waals surface area contributed by atoms with E-state index in [0.717, 1.165) is 47.4 Å². The Labute approximate surface area is 192 Å². The Bertz CT molecular complexity index is 1050. The number of likely N-dealkylation sites (N-methyl/N-ethyl adjacent to an activating group) is 1. The van der Waals surface area contributed by atoms with Crippen LogP contribution in [0.1, 0.15) is 63.2 Å². The molecule has 0 aliphatic carbocycles. The lowest BCUT2D eigenvalue weighted by Gasteiger charge is -2.21. The van der Waals surface area contributed by atoms with E-state index in [1.807, 2.05) is 19.2 Å². The fraction of sp³-hybridized carbons (Fsp3) is 0.423. The Morgan fingerprint density at radius 3 is 2.34 bits per heavy atom. The highest BCUT2D eigenvalue weighted by Gasteiger charge is 2.16. The molecule has 0 spiro atoms. The van der Waals surface area contributed by atoms with E-state index in [1.54, 1.807) is 6.20 Å². The predicted octanol–water partition coefficient (Wildman–Crippen LogP) is 5.61. The Morgan fingerprint density at radius 2 is 1.75 bits per heavy atom. The topological polar surface area (TPSA) is 80.0 Å². The minimum atomic E-state index is 0.129. The number of nitrogens with one attached hydrogen (secondary N) is 1. The maximum absolute atomic E-state index is 6.09. The fourth-order valence-electron chi connectivity index (χ4n) is 3.50. The van der Waals surface area contributed by atoms with Gasteiger partial charge in [-0.25, -0.2) is 15.0 Å². The molecule has 170 valence electrons. The average molecular weight is 433 g/mol. The molecule has 0 atom stereocenters. The van der Waals surface area contributed by atoms with Crippen LogP contribution in [0.5, 0.6) is 0 Å². The molecule has 3 rings (SSSR count). The van der Waals surface area contributed by atoms with Crippen LogP contribution in [-0.4, -0.2) is 28.5 Å². The monoisotopic (exact) mass is 432 g/mol. The fourth-order valence-corrected chi connectivity index (χ4v) is 3.50. The molecule has 3 aromatic rings. The summed E-state index contributed by atoms with van der Waals surface area (Å²) in [5.41, 5.74) is 11.3. The molecule has 2 aromatic heterocycles. The largest absolute Gasteiger partial charge is 0.396 e. The number of anilines is 4. The van der Waals surface area contributed by atoms with Gasteiger partial charge < -0.3 is 16.0 Å². The number of nitrogen functional groups attached to an aromatic ring is 1. The van der Waals surface area contributed by atoms with Crippen LogP contribution in [0.4, 0.5) is 23.0 Å². The molecule has 0 unspecified atom stereocenters. The maximum Gasteiger partial charge on any atom is 0.151 e. The van der Waals surface area contributed by atoms with Gasteiger partial charge in [-0.2, -0.15) is 0 Å². The minimum absolute atomic E-state index is 0.129. The van der Waals surface area contributed by atoms with Gasteiger partial charge in [0.1, 0.15) is 11.6 Å². The van der Waals surface area contributed by atoms with Crippen molar-refractivity contribution in [2.24, 2.45) is 0 Å². The van der Waals surface area contributed by atoms with Crippen LogP contribution in [0.3, 0.4) is 0 Å². The van der Waals surface area contributed by atoms with Crippen molar-refractivity contribution in [1.29, 1.82) is 0 Å². The molecular formula is C26H36N6. The van der Waals surface area contributed by atoms with Crippen molar-refractivity contribution < 1.29 is 0 Å². The maximum atomic E-state index is 6.09. The first-order valence-electron chi connectivity index (χ1n) is 11.2. The molecule has 1 aromatic carbocycles. The van der Waals surface area contributed by atoms with Crippen molar-refractivity contribution in [3.8, 4) is 0 Å². The number of nitrogens with two attached hydrogens (primary N) is 1. The van der Waals surface area contributed by atoms with E-state index in [0.29, 0.717) is 5.69 Å². The van der Waals surface area contributed by atoms with E-state index >= 15 is 0 Å². The predicted molar refractivity (Wildman–Crippen MR) is 135 cm³/mol. The quantitative estimate of drug-likeness (QED) is 0.505. The van der Waals surface area contributed by atoms with Gasteiger partial charge in [-0.3, -0.25) is 0 Å². The molecular weight excluding hydrogens is 396 g/mol. The van der Waals surface area contributed by atoms with Gasteiger partial charge in [0.25, 0.3) is 0 Å². The Kier molecular flexibility index (Phi) is 7.02. The highest BCUT2D eigenvalue weighted by atomic mass is 15.2. The molecule has 0 saturated carbocycles. The zero-order valence-corrected chi connectivity index (χ0v) is 20.4. The van der Waals surface area contributed by atoms with E-state index < -0.39 is 0 Å². The van der Waals surface area contributed by atoms with Crippen molar-refractivity contribution in [2.45, 2.75) is 59.3 Å². The number of benzene rings is 1. The molecule has 6 nitrogen and oxygen atoms in total. The molecule has 0 fully saturated rings. The van der Waals surface area contributed by atoms with Crippen molar-refractivity contribution >= 4 is 23.0 Å². The number of hydrogen-bond donors (Lipinski definition) is 2. The number of nitrogens with zero attached hydrogens (tertiary/aromatic N) is 4. The van der Waals surface area contributed by atoms with Gasteiger partial charge >= 0.3 is 0 Å². The van der Waals surface area contributed by atoms with Crippen molar-refractivity contribution in [3.63, 3.8) is 0 Å². The molecule has 0 radical (unpaired) electrons. The summed E-state index contributed by atoms with van der Waals surface area (Å²) in [5, 5.41) is 3.52. The smallest absolute Gasteiger partial charge is 0.151 e. The van der Waals surface area contributed by atoms with E-state index in [1.165, 1.54) is 5.56 Å². The van der Waals surface area contributed by atoms with Gasteiger partial charge in [0.15, 0.2) is 5.82 Å². The number of pyridine rings is 1. The molecule has 0 bridgehead atoms. The van der Waals surface area contributed by atoms with E-state index in [2.05, 4.69) is 81.0 Å². The number of hydrogen-bond acceptors (Lipinski definition) is 6. The number of aromatic nitrogens is 3. The van der Waals surface area contributed by atoms with E-state index in [4.69, 9.17) is 15.7 Å². The summed E-state index contributed by atoms with van der Waals surface area (Å²) in [7, 11) is 2.01. The lowest BCUT2D eigenvalue weighted by molar-refractivity contribution is 0.590. The first-order valence-corrected chi connectivity index (χ1v) is 11.2. The average Bonchev–Trinajstić information content (AvgIpc) is 2.74. The van der Waals surface area contributed by atoms with Crippen LogP contribution in [0, 0.1) is 6.92 Å². The molecule has 0 aliphatic heterocycles. The summed E-state index contributed by atoms with van der Waals surface area (Å²) in [6.07, 6.45) is 2.54. The molecule has 0 amide bonds. The third kappa shape index (κ3) is 5.55. The van der Waals surface area contributed by atoms with Crippen LogP contribution >= 0.6 is 0 Å². The second kappa shape index (κ2) is 9.55. The molecule has 6 heteroatoms. The normalized spacial score (nSPS) is 11.6. The van der Waals surface area contributed by atoms with Crippen LogP contribution in [-0.2, 0) is 11.8 Å². The van der Waals surface area contributed by atoms with E-state index in [9.17, 15) is 0 Å². The van der Waals surface area contributed by atoms with Gasteiger partial charge in [0.2, 0.25) is 0 Å². The first-order chi connectivity index (χ1) is 15.1. The zero-order valence-electron chi connectivity index (χ0n) is 20.4. The molecule has 2 heterocycles. The molecule has 0 saturated heterocycles. The van der Waals surface area contributed by atoms with Gasteiger partial charge in [0.05, 0.1) is 11.4 Å². The zero-order chi connectivity index (χ0) is 23.5. The van der Waals surface area contributed by atoms with Gasteiger partial charge in [-0.15, -0.1) is 0 Å². The molecule has 32 heavy (non-hydrogen) atoms. The molecule has 3 N–H and O–H groups in total. The third-order valence-corrected chi connectivity index (χ3v) is 5.66. The van der Waals surface area contributed by atoms with Gasteiger partial charge in [-0.1, -0.05) is 46.8 Å². The standard InChI is InChI=1S/C26H36N6/c1-17(2)23-30-22(14-16-32(7)25-21(27)9-8-15-28-25)18(3)24(31-23)29-20-12-10-19(11-13-20)26(4,5)6/h8-13,15,17H,14,16,27H2,1-7H3,(H,29,30,31). The Balaban J connectivity index is 1.84. The van der Waals surface area contributed by atoms with Crippen LogP contribution in [0.2, 0.25) is 0 Å². The van der Waals surface area contributed by atoms with Gasteiger partial charge in [-0.05, 0) is 42.2 Å². The van der Waals surface area contributed by atoms with Crippen LogP contribution in [0.15, 0.2) is 42.6 Å². The molecule has 0 aliphatic rings. The second-order valence-electron chi connectivity index (χ2n) is 9.70. The van der Waals surface area contributed by atoms with Crippen molar-refractivity contribution in [2.75, 3.05) is 29.5 Å². The lowest BCUT2D eigenvalue weighted by atomic mass is 9.87. The van der Waals surface area contributed by atoms with Crippen LogP contribution in [0.25, 0.3) is 0 Å². The SMILES string of the molecule is Cc1c(CCN(C)c2ncccc2N)nc(C(C)C)nc1Nc1ccc(C(C)(C)C)cc1. The van der Waals surface area contributed by atoms with Crippen LogP contribution < -0.4 is 16.0 Å². The first kappa shape index (κ1) is 23.5. The van der Waals surface area contributed by atoms with E-state index in [-0.39, 0.29) is 11.3 Å². The summed E-state index contributed by atoms with van der Waals surface area (Å²) in [4.78, 5) is 16.2. The highest BCUT2D eigenvalue weighted by molar-refractivity contribution is 5.62. The summed E-state index contributed by atoms with van der Waals surface area (Å²) >= 11 is 0. The van der Waals surface area contributed by atoms with Crippen molar-refractivity contribution in [3.05, 3.63) is 65.2 Å². The second-order valence-corrected chi connectivity index (χ2v) is 9.70. The highest BCUT2D eigenvalue weighted by Crippen LogP contribution is 2.27. The summed E-state index contributed by atoms with van der Waals surface area (Å²) in [6, 6.07) is 12.3. The Hall–Kier alpha value is -3.15. The summed E-state index contributed by atoms with van der Waals surface area (Å²) in [6.45, 7) is 13.8.